The van der Waals surface area contributed by atoms with E-state index in [1.165, 1.54) is 11.1 Å². The molecule has 0 spiro atoms. The smallest absolute Gasteiger partial charge is 0.127 e. The van der Waals surface area contributed by atoms with Gasteiger partial charge in [0.25, 0.3) is 0 Å². The molecule has 0 amide bonds. The Hall–Kier alpha value is -1.36. The van der Waals surface area contributed by atoms with Crippen LogP contribution in [0.5, 0.6) is 0 Å². The number of rotatable bonds is 3. The van der Waals surface area contributed by atoms with E-state index < -0.39 is 0 Å². The Kier molecular flexibility index (Phi) is 5.39. The molecule has 0 radical (unpaired) electrons. The summed E-state index contributed by atoms with van der Waals surface area (Å²) in [5.74, 6) is 1.14. The Morgan fingerprint density at radius 1 is 1.33 bits per heavy atom. The van der Waals surface area contributed by atoms with Crippen molar-refractivity contribution >= 4 is 12.4 Å². The molecule has 1 aromatic heterocycles. The molecular weight excluding hydrogens is 284 g/mol. The number of piperazine rings is 1. The molecular formula is C16H23ClN4. The van der Waals surface area contributed by atoms with Gasteiger partial charge in [-0.2, -0.15) is 0 Å². The molecule has 1 aliphatic heterocycles. The molecule has 21 heavy (non-hydrogen) atoms. The van der Waals surface area contributed by atoms with Crippen LogP contribution in [0.2, 0.25) is 0 Å². The van der Waals surface area contributed by atoms with E-state index in [1.807, 2.05) is 12.4 Å². The summed E-state index contributed by atoms with van der Waals surface area (Å²) in [7, 11) is 2.07. The number of aryl methyl sites for hydroxylation is 2. The molecule has 3 rings (SSSR count). The zero-order valence-corrected chi connectivity index (χ0v) is 13.4. The minimum atomic E-state index is 0. The van der Waals surface area contributed by atoms with E-state index in [2.05, 4.69) is 58.0 Å². The van der Waals surface area contributed by atoms with Crippen LogP contribution in [0.1, 0.15) is 23.0 Å². The zero-order valence-electron chi connectivity index (χ0n) is 12.6. The quantitative estimate of drug-likeness (QED) is 0.944. The molecule has 1 aromatic carbocycles. The van der Waals surface area contributed by atoms with E-state index in [0.717, 1.165) is 32.0 Å². The largest absolute Gasteiger partial charge is 0.337 e. The van der Waals surface area contributed by atoms with Gasteiger partial charge in [-0.05, 0) is 18.1 Å². The minimum Gasteiger partial charge on any atom is -0.337 e. The summed E-state index contributed by atoms with van der Waals surface area (Å²) in [5, 5.41) is 3.49. The van der Waals surface area contributed by atoms with Crippen molar-refractivity contribution in [3.63, 3.8) is 0 Å². The predicted molar refractivity (Wildman–Crippen MR) is 87.7 cm³/mol. The van der Waals surface area contributed by atoms with Crippen LogP contribution in [-0.4, -0.2) is 34.1 Å². The first-order valence-corrected chi connectivity index (χ1v) is 7.22. The molecule has 1 atom stereocenters. The van der Waals surface area contributed by atoms with Crippen LogP contribution < -0.4 is 5.32 Å². The third-order valence-electron chi connectivity index (χ3n) is 4.15. The molecule has 0 bridgehead atoms. The first kappa shape index (κ1) is 16.0. The Balaban J connectivity index is 0.00000161. The lowest BCUT2D eigenvalue weighted by Gasteiger charge is -2.36. The molecule has 1 unspecified atom stereocenters. The van der Waals surface area contributed by atoms with Gasteiger partial charge in [0.15, 0.2) is 0 Å². The van der Waals surface area contributed by atoms with Gasteiger partial charge in [0.1, 0.15) is 5.82 Å². The number of hydrogen-bond acceptors (Lipinski definition) is 3. The van der Waals surface area contributed by atoms with Gasteiger partial charge in [-0.3, -0.25) is 4.90 Å². The third-order valence-corrected chi connectivity index (χ3v) is 4.15. The van der Waals surface area contributed by atoms with E-state index in [1.54, 1.807) is 0 Å². The van der Waals surface area contributed by atoms with Gasteiger partial charge >= 0.3 is 0 Å². The fraction of sp³-hybridized carbons (Fsp3) is 0.438. The number of hydrogen-bond donors (Lipinski definition) is 1. The normalized spacial score (nSPS) is 19.2. The number of halogens is 1. The van der Waals surface area contributed by atoms with Gasteiger partial charge in [0.05, 0.1) is 6.04 Å². The maximum absolute atomic E-state index is 4.54. The van der Waals surface area contributed by atoms with Crippen molar-refractivity contribution in [1.29, 1.82) is 0 Å². The number of nitrogens with one attached hydrogen (secondary N) is 1. The predicted octanol–water partition coefficient (Wildman–Crippen LogP) is 2.30. The van der Waals surface area contributed by atoms with Gasteiger partial charge in [0.2, 0.25) is 0 Å². The molecule has 1 saturated heterocycles. The van der Waals surface area contributed by atoms with Gasteiger partial charge in [-0.25, -0.2) is 4.98 Å². The zero-order chi connectivity index (χ0) is 13.9. The average Bonchev–Trinajstić information content (AvgIpc) is 2.88. The second-order valence-electron chi connectivity index (χ2n) is 5.51. The summed E-state index contributed by atoms with van der Waals surface area (Å²) < 4.78 is 2.13. The van der Waals surface area contributed by atoms with Crippen molar-refractivity contribution in [2.75, 3.05) is 19.6 Å². The van der Waals surface area contributed by atoms with Crippen molar-refractivity contribution in [1.82, 2.24) is 19.8 Å². The average molecular weight is 307 g/mol. The van der Waals surface area contributed by atoms with Crippen molar-refractivity contribution in [3.8, 4) is 0 Å². The maximum atomic E-state index is 4.54. The summed E-state index contributed by atoms with van der Waals surface area (Å²) in [6, 6.07) is 9.00. The third kappa shape index (κ3) is 3.46. The van der Waals surface area contributed by atoms with E-state index >= 15 is 0 Å². The maximum Gasteiger partial charge on any atom is 0.127 e. The Labute approximate surface area is 132 Å². The minimum absolute atomic E-state index is 0. The summed E-state index contributed by atoms with van der Waals surface area (Å²) in [6.45, 7) is 6.26. The van der Waals surface area contributed by atoms with Gasteiger partial charge < -0.3 is 9.88 Å². The number of nitrogens with zero attached hydrogens (tertiary/aromatic N) is 3. The molecule has 5 heteroatoms. The topological polar surface area (TPSA) is 33.1 Å². The van der Waals surface area contributed by atoms with Crippen LogP contribution >= 0.6 is 12.4 Å². The molecule has 4 nitrogen and oxygen atoms in total. The summed E-state index contributed by atoms with van der Waals surface area (Å²) in [6.07, 6.45) is 3.91. The number of aromatic nitrogens is 2. The monoisotopic (exact) mass is 306 g/mol. The highest BCUT2D eigenvalue weighted by atomic mass is 35.5. The van der Waals surface area contributed by atoms with E-state index in [0.29, 0.717) is 6.04 Å². The standard InChI is InChI=1S/C16H22N4.ClH/c1-13-5-3-4-6-14(13)12-20-10-7-17-11-15(20)16-18-8-9-19(16)2;/h3-6,8-9,15,17H,7,10-12H2,1-2H3;1H. The van der Waals surface area contributed by atoms with E-state index in [9.17, 15) is 0 Å². The summed E-state index contributed by atoms with van der Waals surface area (Å²) in [4.78, 5) is 7.06. The molecule has 2 aromatic rings. The Bertz CT molecular complexity index is 581. The highest BCUT2D eigenvalue weighted by Gasteiger charge is 2.26. The van der Waals surface area contributed by atoms with E-state index in [4.69, 9.17) is 0 Å². The fourth-order valence-corrected chi connectivity index (χ4v) is 2.89. The Morgan fingerprint density at radius 3 is 2.86 bits per heavy atom. The van der Waals surface area contributed by atoms with Crippen molar-refractivity contribution in [3.05, 3.63) is 53.6 Å². The lowest BCUT2D eigenvalue weighted by Crippen LogP contribution is -2.46. The molecule has 1 fully saturated rings. The first-order chi connectivity index (χ1) is 9.75. The molecule has 2 heterocycles. The molecule has 1 N–H and O–H groups in total. The number of benzene rings is 1. The highest BCUT2D eigenvalue weighted by Crippen LogP contribution is 2.23. The van der Waals surface area contributed by atoms with Gasteiger partial charge in [-0.1, -0.05) is 24.3 Å². The molecule has 0 saturated carbocycles. The van der Waals surface area contributed by atoms with Gasteiger partial charge in [0, 0.05) is 45.6 Å². The first-order valence-electron chi connectivity index (χ1n) is 7.22. The van der Waals surface area contributed by atoms with Gasteiger partial charge in [-0.15, -0.1) is 12.4 Å². The lowest BCUT2D eigenvalue weighted by molar-refractivity contribution is 0.144. The fourth-order valence-electron chi connectivity index (χ4n) is 2.89. The van der Waals surface area contributed by atoms with Crippen LogP contribution in [0.3, 0.4) is 0 Å². The van der Waals surface area contributed by atoms with Crippen molar-refractivity contribution < 1.29 is 0 Å². The second-order valence-corrected chi connectivity index (χ2v) is 5.51. The van der Waals surface area contributed by atoms with Crippen molar-refractivity contribution in [2.24, 2.45) is 7.05 Å². The molecule has 114 valence electrons. The summed E-state index contributed by atoms with van der Waals surface area (Å²) in [5.41, 5.74) is 2.78. The molecule has 1 aliphatic rings. The highest BCUT2D eigenvalue weighted by molar-refractivity contribution is 5.85. The number of imidazole rings is 1. The lowest BCUT2D eigenvalue weighted by atomic mass is 10.1. The molecule has 0 aliphatic carbocycles. The van der Waals surface area contributed by atoms with Crippen molar-refractivity contribution in [2.45, 2.75) is 19.5 Å². The Morgan fingerprint density at radius 2 is 2.14 bits per heavy atom. The van der Waals surface area contributed by atoms with E-state index in [-0.39, 0.29) is 12.4 Å². The van der Waals surface area contributed by atoms with Crippen LogP contribution in [-0.2, 0) is 13.6 Å². The van der Waals surface area contributed by atoms with Crippen LogP contribution in [0.25, 0.3) is 0 Å². The summed E-state index contributed by atoms with van der Waals surface area (Å²) >= 11 is 0. The SMILES string of the molecule is Cc1ccccc1CN1CCNCC1c1nccn1C.Cl. The second kappa shape index (κ2) is 7.07. The van der Waals surface area contributed by atoms with Crippen LogP contribution in [0, 0.1) is 6.92 Å². The van der Waals surface area contributed by atoms with Crippen LogP contribution in [0.15, 0.2) is 36.7 Å². The van der Waals surface area contributed by atoms with Crippen LogP contribution in [0.4, 0.5) is 0 Å².